The van der Waals surface area contributed by atoms with Crippen molar-refractivity contribution in [3.8, 4) is 5.75 Å². The highest BCUT2D eigenvalue weighted by Crippen LogP contribution is 2.14. The highest BCUT2D eigenvalue weighted by molar-refractivity contribution is 5.31. The lowest BCUT2D eigenvalue weighted by atomic mass is 10.2. The van der Waals surface area contributed by atoms with Gasteiger partial charge in [0.05, 0.1) is 12.8 Å². The third kappa shape index (κ3) is 3.78. The molecule has 5 nitrogen and oxygen atoms in total. The smallest absolute Gasteiger partial charge is 0.294 e. The second kappa shape index (κ2) is 6.66. The number of ether oxygens (including phenoxy) is 2. The molecular weight excluding hydrogens is 232 g/mol. The standard InChI is InChI=1S/C13H16N2O3/c1-16-7-8-17-12-4-2-3-11(9-12)10-15-13-14-5-6-18-13/h2-6,9H,7-8,10H2,1H3,(H,14,15). The van der Waals surface area contributed by atoms with E-state index in [0.717, 1.165) is 11.3 Å². The maximum atomic E-state index is 5.53. The van der Waals surface area contributed by atoms with E-state index in [-0.39, 0.29) is 0 Å². The van der Waals surface area contributed by atoms with E-state index in [1.165, 1.54) is 6.26 Å². The van der Waals surface area contributed by atoms with Crippen LogP contribution in [-0.4, -0.2) is 25.3 Å². The van der Waals surface area contributed by atoms with Crippen LogP contribution in [0.2, 0.25) is 0 Å². The summed E-state index contributed by atoms with van der Waals surface area (Å²) in [7, 11) is 1.65. The molecule has 0 aliphatic rings. The lowest BCUT2D eigenvalue weighted by Gasteiger charge is -2.07. The van der Waals surface area contributed by atoms with Crippen molar-refractivity contribution < 1.29 is 13.9 Å². The predicted molar refractivity (Wildman–Crippen MR) is 67.6 cm³/mol. The van der Waals surface area contributed by atoms with Gasteiger partial charge in [-0.15, -0.1) is 0 Å². The van der Waals surface area contributed by atoms with Crippen LogP contribution in [0.25, 0.3) is 0 Å². The second-order valence-electron chi connectivity index (χ2n) is 3.68. The van der Waals surface area contributed by atoms with Crippen molar-refractivity contribution in [3.63, 3.8) is 0 Å². The Bertz CT molecular complexity index is 457. The van der Waals surface area contributed by atoms with Crippen LogP contribution in [0.3, 0.4) is 0 Å². The zero-order valence-electron chi connectivity index (χ0n) is 10.3. The largest absolute Gasteiger partial charge is 0.491 e. The average molecular weight is 248 g/mol. The summed E-state index contributed by atoms with van der Waals surface area (Å²) in [5.74, 6) is 0.832. The Hall–Kier alpha value is -2.01. The summed E-state index contributed by atoms with van der Waals surface area (Å²) in [5, 5.41) is 3.08. The lowest BCUT2D eigenvalue weighted by Crippen LogP contribution is -2.05. The summed E-state index contributed by atoms with van der Waals surface area (Å²) in [6, 6.07) is 8.38. The number of hydrogen-bond acceptors (Lipinski definition) is 5. The first-order chi connectivity index (χ1) is 8.88. The van der Waals surface area contributed by atoms with Crippen LogP contribution >= 0.6 is 0 Å². The number of hydrogen-bond donors (Lipinski definition) is 1. The fraction of sp³-hybridized carbons (Fsp3) is 0.308. The zero-order chi connectivity index (χ0) is 12.6. The Morgan fingerprint density at radius 3 is 3.06 bits per heavy atom. The minimum Gasteiger partial charge on any atom is -0.491 e. The van der Waals surface area contributed by atoms with Gasteiger partial charge in [-0.2, -0.15) is 0 Å². The van der Waals surface area contributed by atoms with Crippen LogP contribution in [0.15, 0.2) is 41.1 Å². The topological polar surface area (TPSA) is 56.5 Å². The molecule has 96 valence electrons. The molecule has 1 aromatic carbocycles. The SMILES string of the molecule is COCCOc1cccc(CNc2ncco2)c1. The number of oxazole rings is 1. The Balaban J connectivity index is 1.86. The summed E-state index contributed by atoms with van der Waals surface area (Å²) in [4.78, 5) is 3.99. The molecular formula is C13H16N2O3. The highest BCUT2D eigenvalue weighted by Gasteiger charge is 1.99. The van der Waals surface area contributed by atoms with Crippen LogP contribution in [0.4, 0.5) is 6.01 Å². The van der Waals surface area contributed by atoms with Gasteiger partial charge < -0.3 is 19.2 Å². The van der Waals surface area contributed by atoms with Gasteiger partial charge in [-0.25, -0.2) is 4.98 Å². The molecule has 0 radical (unpaired) electrons. The molecule has 1 heterocycles. The first-order valence-corrected chi connectivity index (χ1v) is 5.72. The van der Waals surface area contributed by atoms with Crippen molar-refractivity contribution in [1.29, 1.82) is 0 Å². The molecule has 0 saturated heterocycles. The molecule has 2 aromatic rings. The summed E-state index contributed by atoms with van der Waals surface area (Å²) >= 11 is 0. The Labute approximate surface area is 106 Å². The fourth-order valence-electron chi connectivity index (χ4n) is 1.48. The molecule has 0 aliphatic heterocycles. The molecule has 0 spiro atoms. The fourth-order valence-corrected chi connectivity index (χ4v) is 1.48. The predicted octanol–water partition coefficient (Wildman–Crippen LogP) is 2.31. The number of nitrogens with zero attached hydrogens (tertiary/aromatic N) is 1. The minimum atomic E-state index is 0.515. The zero-order valence-corrected chi connectivity index (χ0v) is 10.3. The Kier molecular flexibility index (Phi) is 4.60. The Morgan fingerprint density at radius 2 is 2.28 bits per heavy atom. The van der Waals surface area contributed by atoms with Crippen LogP contribution in [0, 0.1) is 0 Å². The van der Waals surface area contributed by atoms with E-state index in [9.17, 15) is 0 Å². The lowest BCUT2D eigenvalue weighted by molar-refractivity contribution is 0.146. The summed E-state index contributed by atoms with van der Waals surface area (Å²) in [6.45, 7) is 1.77. The van der Waals surface area contributed by atoms with Crippen LogP contribution < -0.4 is 10.1 Å². The summed E-state index contributed by atoms with van der Waals surface area (Å²) in [6.07, 6.45) is 3.14. The first-order valence-electron chi connectivity index (χ1n) is 5.72. The van der Waals surface area contributed by atoms with Crippen molar-refractivity contribution in [3.05, 3.63) is 42.3 Å². The van der Waals surface area contributed by atoms with Gasteiger partial charge in [0.25, 0.3) is 6.01 Å². The van der Waals surface area contributed by atoms with Gasteiger partial charge in [-0.3, -0.25) is 0 Å². The summed E-state index contributed by atoms with van der Waals surface area (Å²) in [5.41, 5.74) is 1.10. The van der Waals surface area contributed by atoms with Gasteiger partial charge in [0.1, 0.15) is 18.6 Å². The number of aromatic nitrogens is 1. The second-order valence-corrected chi connectivity index (χ2v) is 3.68. The highest BCUT2D eigenvalue weighted by atomic mass is 16.5. The number of benzene rings is 1. The monoisotopic (exact) mass is 248 g/mol. The van der Waals surface area contributed by atoms with Crippen molar-refractivity contribution in [2.45, 2.75) is 6.54 Å². The third-order valence-corrected chi connectivity index (χ3v) is 2.33. The van der Waals surface area contributed by atoms with E-state index >= 15 is 0 Å². The molecule has 0 aliphatic carbocycles. The normalized spacial score (nSPS) is 10.3. The van der Waals surface area contributed by atoms with Gasteiger partial charge in [-0.05, 0) is 17.7 Å². The van der Waals surface area contributed by atoms with E-state index in [2.05, 4.69) is 10.3 Å². The molecule has 0 unspecified atom stereocenters. The molecule has 5 heteroatoms. The third-order valence-electron chi connectivity index (χ3n) is 2.33. The number of methoxy groups -OCH3 is 1. The van der Waals surface area contributed by atoms with Gasteiger partial charge in [-0.1, -0.05) is 12.1 Å². The first kappa shape index (κ1) is 12.4. The maximum Gasteiger partial charge on any atom is 0.294 e. The van der Waals surface area contributed by atoms with E-state index in [0.29, 0.717) is 25.8 Å². The molecule has 2 rings (SSSR count). The van der Waals surface area contributed by atoms with Gasteiger partial charge in [0, 0.05) is 13.7 Å². The van der Waals surface area contributed by atoms with Crippen molar-refractivity contribution in [2.75, 3.05) is 25.6 Å². The van der Waals surface area contributed by atoms with E-state index in [4.69, 9.17) is 13.9 Å². The quantitative estimate of drug-likeness (QED) is 0.762. The van der Waals surface area contributed by atoms with Crippen molar-refractivity contribution >= 4 is 6.01 Å². The molecule has 0 fully saturated rings. The Morgan fingerprint density at radius 1 is 1.33 bits per heavy atom. The number of nitrogens with one attached hydrogen (secondary N) is 1. The van der Waals surface area contributed by atoms with Crippen molar-refractivity contribution in [2.24, 2.45) is 0 Å². The summed E-state index contributed by atoms with van der Waals surface area (Å²) < 4.78 is 15.6. The number of rotatable bonds is 7. The van der Waals surface area contributed by atoms with Crippen LogP contribution in [0.1, 0.15) is 5.56 Å². The minimum absolute atomic E-state index is 0.515. The molecule has 1 N–H and O–H groups in total. The molecule has 0 amide bonds. The molecule has 0 saturated carbocycles. The van der Waals surface area contributed by atoms with Gasteiger partial charge in [0.2, 0.25) is 0 Å². The van der Waals surface area contributed by atoms with E-state index in [1.807, 2.05) is 24.3 Å². The van der Waals surface area contributed by atoms with Crippen molar-refractivity contribution in [1.82, 2.24) is 4.98 Å². The molecule has 0 bridgehead atoms. The maximum absolute atomic E-state index is 5.53. The van der Waals surface area contributed by atoms with Crippen LogP contribution in [0.5, 0.6) is 5.75 Å². The molecule has 0 atom stereocenters. The van der Waals surface area contributed by atoms with Crippen LogP contribution in [-0.2, 0) is 11.3 Å². The van der Waals surface area contributed by atoms with Gasteiger partial charge >= 0.3 is 0 Å². The molecule has 1 aromatic heterocycles. The van der Waals surface area contributed by atoms with E-state index < -0.39 is 0 Å². The average Bonchev–Trinajstić information content (AvgIpc) is 2.90. The number of anilines is 1. The van der Waals surface area contributed by atoms with E-state index in [1.54, 1.807) is 13.3 Å². The van der Waals surface area contributed by atoms with Gasteiger partial charge in [0.15, 0.2) is 0 Å². The molecule has 18 heavy (non-hydrogen) atoms.